The number of amides is 2. The number of ether oxygens (including phenoxy) is 1. The van der Waals surface area contributed by atoms with E-state index in [0.717, 1.165) is 17.3 Å². The van der Waals surface area contributed by atoms with Crippen LogP contribution in [0, 0.1) is 0 Å². The Balaban J connectivity index is 1.56. The van der Waals surface area contributed by atoms with Crippen molar-refractivity contribution in [2.24, 2.45) is 5.73 Å². The summed E-state index contributed by atoms with van der Waals surface area (Å²) in [6.07, 6.45) is 0. The van der Waals surface area contributed by atoms with E-state index in [0.29, 0.717) is 22.9 Å². The average Bonchev–Trinajstić information content (AvgIpc) is 3.16. The number of nitrogens with one attached hydrogen (secondary N) is 1. The molecule has 2 amide bonds. The first-order chi connectivity index (χ1) is 13.0. The lowest BCUT2D eigenvalue weighted by Gasteiger charge is -2.04. The van der Waals surface area contributed by atoms with Gasteiger partial charge in [0.05, 0.1) is 12.9 Å². The fraction of sp³-hybridized carbons (Fsp3) is 0.111. The molecule has 138 valence electrons. The lowest BCUT2D eigenvalue weighted by Crippen LogP contribution is -2.15. The minimum atomic E-state index is -0.522. The monoisotopic (exact) mass is 384 g/mol. The Bertz CT molecular complexity index is 956. The minimum Gasteiger partial charge on any atom is -0.497 e. The third-order valence-electron chi connectivity index (χ3n) is 3.50. The molecule has 9 heteroatoms. The molecule has 1 aromatic heterocycles. The fourth-order valence-electron chi connectivity index (χ4n) is 2.18. The van der Waals surface area contributed by atoms with Crippen molar-refractivity contribution < 1.29 is 18.7 Å². The van der Waals surface area contributed by atoms with Crippen molar-refractivity contribution in [1.29, 1.82) is 0 Å². The predicted octanol–water partition coefficient (Wildman–Crippen LogP) is 2.57. The molecular formula is C18H16N4O4S. The van der Waals surface area contributed by atoms with Crippen LogP contribution in [0.15, 0.2) is 58.2 Å². The summed E-state index contributed by atoms with van der Waals surface area (Å²) in [6, 6.07) is 13.6. The van der Waals surface area contributed by atoms with Crippen molar-refractivity contribution in [1.82, 2.24) is 10.2 Å². The summed E-state index contributed by atoms with van der Waals surface area (Å²) in [7, 11) is 1.58. The SMILES string of the molecule is COc1cccc(-c2nnc(SCC(=O)Nc3ccc(C(N)=O)cc3)o2)c1. The van der Waals surface area contributed by atoms with Crippen LogP contribution in [0.5, 0.6) is 5.75 Å². The first-order valence-corrected chi connectivity index (χ1v) is 8.84. The summed E-state index contributed by atoms with van der Waals surface area (Å²) in [5.74, 6) is 0.359. The molecule has 3 N–H and O–H groups in total. The van der Waals surface area contributed by atoms with Crippen LogP contribution in [0.25, 0.3) is 11.5 Å². The zero-order valence-corrected chi connectivity index (χ0v) is 15.2. The van der Waals surface area contributed by atoms with Crippen LogP contribution in [0.4, 0.5) is 5.69 Å². The zero-order chi connectivity index (χ0) is 19.2. The van der Waals surface area contributed by atoms with E-state index < -0.39 is 5.91 Å². The second-order valence-corrected chi connectivity index (χ2v) is 6.31. The molecule has 0 aliphatic heterocycles. The lowest BCUT2D eigenvalue weighted by molar-refractivity contribution is -0.113. The Morgan fingerprint density at radius 1 is 1.19 bits per heavy atom. The van der Waals surface area contributed by atoms with E-state index in [-0.39, 0.29) is 16.9 Å². The van der Waals surface area contributed by atoms with Gasteiger partial charge in [-0.3, -0.25) is 9.59 Å². The van der Waals surface area contributed by atoms with Crippen molar-refractivity contribution in [3.8, 4) is 17.2 Å². The molecule has 0 saturated heterocycles. The van der Waals surface area contributed by atoms with Crippen LogP contribution in [-0.4, -0.2) is 34.9 Å². The van der Waals surface area contributed by atoms with Gasteiger partial charge in [-0.05, 0) is 42.5 Å². The summed E-state index contributed by atoms with van der Waals surface area (Å²) in [6.45, 7) is 0. The number of carbonyl (C=O) groups is 2. The van der Waals surface area contributed by atoms with Gasteiger partial charge in [0.15, 0.2) is 0 Å². The molecule has 2 aromatic carbocycles. The smallest absolute Gasteiger partial charge is 0.277 e. The van der Waals surface area contributed by atoms with E-state index in [1.54, 1.807) is 37.4 Å². The number of anilines is 1. The van der Waals surface area contributed by atoms with Crippen LogP contribution in [-0.2, 0) is 4.79 Å². The molecule has 0 saturated carbocycles. The summed E-state index contributed by atoms with van der Waals surface area (Å²) < 4.78 is 10.7. The normalized spacial score (nSPS) is 10.4. The van der Waals surface area contributed by atoms with Crippen molar-refractivity contribution in [2.45, 2.75) is 5.22 Å². The van der Waals surface area contributed by atoms with Crippen LogP contribution in [0.1, 0.15) is 10.4 Å². The Kier molecular flexibility index (Phi) is 5.72. The third kappa shape index (κ3) is 4.85. The minimum absolute atomic E-state index is 0.0946. The molecule has 3 rings (SSSR count). The number of nitrogens with two attached hydrogens (primary N) is 1. The van der Waals surface area contributed by atoms with Gasteiger partial charge in [-0.2, -0.15) is 0 Å². The number of primary amides is 1. The molecule has 0 aliphatic carbocycles. The number of rotatable bonds is 7. The quantitative estimate of drug-likeness (QED) is 0.601. The van der Waals surface area contributed by atoms with E-state index in [9.17, 15) is 9.59 Å². The second kappa shape index (κ2) is 8.37. The van der Waals surface area contributed by atoms with Gasteiger partial charge in [-0.15, -0.1) is 10.2 Å². The van der Waals surface area contributed by atoms with Gasteiger partial charge >= 0.3 is 0 Å². The number of hydrogen-bond donors (Lipinski definition) is 2. The fourth-order valence-corrected chi connectivity index (χ4v) is 2.75. The molecule has 0 radical (unpaired) electrons. The maximum Gasteiger partial charge on any atom is 0.277 e. The van der Waals surface area contributed by atoms with E-state index in [2.05, 4.69) is 15.5 Å². The van der Waals surface area contributed by atoms with Gasteiger partial charge in [0.2, 0.25) is 17.7 Å². The van der Waals surface area contributed by atoms with Crippen molar-refractivity contribution >= 4 is 29.3 Å². The summed E-state index contributed by atoms with van der Waals surface area (Å²) in [4.78, 5) is 23.1. The summed E-state index contributed by atoms with van der Waals surface area (Å²) in [5.41, 5.74) is 6.84. The van der Waals surface area contributed by atoms with E-state index >= 15 is 0 Å². The first kappa shape index (κ1) is 18.5. The number of aromatic nitrogens is 2. The van der Waals surface area contributed by atoms with Gasteiger partial charge in [-0.25, -0.2) is 0 Å². The molecule has 3 aromatic rings. The first-order valence-electron chi connectivity index (χ1n) is 7.85. The topological polar surface area (TPSA) is 120 Å². The Morgan fingerprint density at radius 3 is 2.67 bits per heavy atom. The highest BCUT2D eigenvalue weighted by atomic mass is 32.2. The third-order valence-corrected chi connectivity index (χ3v) is 4.32. The van der Waals surface area contributed by atoms with Gasteiger partial charge in [0, 0.05) is 16.8 Å². The molecular weight excluding hydrogens is 368 g/mol. The van der Waals surface area contributed by atoms with E-state index in [1.165, 1.54) is 0 Å². The molecule has 8 nitrogen and oxygen atoms in total. The number of nitrogens with zero attached hydrogens (tertiary/aromatic N) is 2. The van der Waals surface area contributed by atoms with Crippen molar-refractivity contribution in [3.05, 3.63) is 54.1 Å². The lowest BCUT2D eigenvalue weighted by atomic mass is 10.2. The standard InChI is InChI=1S/C18H16N4O4S/c1-25-14-4-2-3-12(9-14)17-21-22-18(26-17)27-10-15(23)20-13-7-5-11(6-8-13)16(19)24/h2-9H,10H2,1H3,(H2,19,24)(H,20,23). The maximum atomic E-state index is 12.0. The second-order valence-electron chi connectivity index (χ2n) is 5.38. The van der Waals surface area contributed by atoms with Crippen LogP contribution in [0.3, 0.4) is 0 Å². The summed E-state index contributed by atoms with van der Waals surface area (Å²) >= 11 is 1.12. The number of hydrogen-bond acceptors (Lipinski definition) is 7. The Morgan fingerprint density at radius 2 is 1.96 bits per heavy atom. The number of thioether (sulfide) groups is 1. The van der Waals surface area contributed by atoms with E-state index in [4.69, 9.17) is 14.9 Å². The number of benzene rings is 2. The largest absolute Gasteiger partial charge is 0.497 e. The van der Waals surface area contributed by atoms with Crippen LogP contribution < -0.4 is 15.8 Å². The van der Waals surface area contributed by atoms with Crippen molar-refractivity contribution in [2.75, 3.05) is 18.2 Å². The highest BCUT2D eigenvalue weighted by Gasteiger charge is 2.12. The maximum absolute atomic E-state index is 12.0. The van der Waals surface area contributed by atoms with Gasteiger partial charge in [0.1, 0.15) is 5.75 Å². The van der Waals surface area contributed by atoms with Crippen LogP contribution in [0.2, 0.25) is 0 Å². The van der Waals surface area contributed by atoms with Gasteiger partial charge in [-0.1, -0.05) is 17.8 Å². The molecule has 0 atom stereocenters. The zero-order valence-electron chi connectivity index (χ0n) is 14.3. The Hall–Kier alpha value is -3.33. The van der Waals surface area contributed by atoms with Gasteiger partial charge in [0.25, 0.3) is 5.22 Å². The molecule has 0 fully saturated rings. The predicted molar refractivity (Wildman–Crippen MR) is 101 cm³/mol. The van der Waals surface area contributed by atoms with E-state index in [1.807, 2.05) is 18.2 Å². The highest BCUT2D eigenvalue weighted by Crippen LogP contribution is 2.25. The number of carbonyl (C=O) groups excluding carboxylic acids is 2. The van der Waals surface area contributed by atoms with Crippen LogP contribution >= 0.6 is 11.8 Å². The number of methoxy groups -OCH3 is 1. The highest BCUT2D eigenvalue weighted by molar-refractivity contribution is 7.99. The summed E-state index contributed by atoms with van der Waals surface area (Å²) in [5, 5.41) is 10.9. The molecule has 0 unspecified atom stereocenters. The average molecular weight is 384 g/mol. The Labute approximate surface area is 159 Å². The molecule has 27 heavy (non-hydrogen) atoms. The molecule has 0 aliphatic rings. The molecule has 0 bridgehead atoms. The molecule has 0 spiro atoms. The van der Waals surface area contributed by atoms with Gasteiger partial charge < -0.3 is 20.2 Å². The van der Waals surface area contributed by atoms with Crippen molar-refractivity contribution in [3.63, 3.8) is 0 Å². The molecule has 1 heterocycles.